The van der Waals surface area contributed by atoms with E-state index < -0.39 is 16.6 Å². The molecule has 0 aliphatic heterocycles. The molecule has 0 bridgehead atoms. The molecule has 2 aromatic carbocycles. The summed E-state index contributed by atoms with van der Waals surface area (Å²) >= 11 is 1.53. The summed E-state index contributed by atoms with van der Waals surface area (Å²) in [5, 5.41) is 13.0. The zero-order valence-corrected chi connectivity index (χ0v) is 11.8. The summed E-state index contributed by atoms with van der Waals surface area (Å²) in [5.74, 6) is -1.25. The lowest BCUT2D eigenvalue weighted by Crippen LogP contribution is -2.13. The Morgan fingerprint density at radius 1 is 1.24 bits per heavy atom. The fraction of sp³-hybridized carbons (Fsp3) is 0.0714. The van der Waals surface area contributed by atoms with E-state index in [1.807, 2.05) is 6.26 Å². The SMILES string of the molecule is CSc1ccc(C(=O)Nc2cc([N+](=O)[O-])ccc2F)cc1. The summed E-state index contributed by atoms with van der Waals surface area (Å²) in [6, 6.07) is 9.73. The number of nitrogens with zero attached hydrogens (tertiary/aromatic N) is 1. The molecule has 0 spiro atoms. The number of benzene rings is 2. The lowest BCUT2D eigenvalue weighted by Gasteiger charge is -2.07. The van der Waals surface area contributed by atoms with Crippen LogP contribution in [0.1, 0.15) is 10.4 Å². The van der Waals surface area contributed by atoms with Crippen molar-refractivity contribution < 1.29 is 14.1 Å². The minimum atomic E-state index is -0.727. The second-order valence-corrected chi connectivity index (χ2v) is 4.98. The predicted molar refractivity (Wildman–Crippen MR) is 79.2 cm³/mol. The zero-order valence-electron chi connectivity index (χ0n) is 11.0. The van der Waals surface area contributed by atoms with Crippen LogP contribution in [0.25, 0.3) is 0 Å². The van der Waals surface area contributed by atoms with Gasteiger partial charge in [0.1, 0.15) is 5.82 Å². The quantitative estimate of drug-likeness (QED) is 0.531. The molecule has 7 heteroatoms. The van der Waals surface area contributed by atoms with Gasteiger partial charge in [0.25, 0.3) is 11.6 Å². The number of hydrogen-bond acceptors (Lipinski definition) is 4. The number of amides is 1. The lowest BCUT2D eigenvalue weighted by atomic mass is 10.2. The normalized spacial score (nSPS) is 10.2. The van der Waals surface area contributed by atoms with Crippen LogP contribution in [0.15, 0.2) is 47.4 Å². The van der Waals surface area contributed by atoms with Crippen LogP contribution in [0.2, 0.25) is 0 Å². The second-order valence-electron chi connectivity index (χ2n) is 4.10. The molecular formula is C14H11FN2O3S. The Morgan fingerprint density at radius 3 is 2.48 bits per heavy atom. The highest BCUT2D eigenvalue weighted by Crippen LogP contribution is 2.22. The number of hydrogen-bond donors (Lipinski definition) is 1. The zero-order chi connectivity index (χ0) is 15.4. The number of nitro benzene ring substituents is 1. The van der Waals surface area contributed by atoms with Crippen LogP contribution in [0.4, 0.5) is 15.8 Å². The average Bonchev–Trinajstić information content (AvgIpc) is 2.49. The summed E-state index contributed by atoms with van der Waals surface area (Å²) in [5.41, 5.74) is -0.161. The van der Waals surface area contributed by atoms with Gasteiger partial charge in [-0.2, -0.15) is 0 Å². The van der Waals surface area contributed by atoms with Gasteiger partial charge in [0, 0.05) is 22.6 Å². The highest BCUT2D eigenvalue weighted by atomic mass is 32.2. The van der Waals surface area contributed by atoms with Gasteiger partial charge in [-0.1, -0.05) is 0 Å². The predicted octanol–water partition coefficient (Wildman–Crippen LogP) is 3.71. The highest BCUT2D eigenvalue weighted by Gasteiger charge is 2.14. The van der Waals surface area contributed by atoms with E-state index in [0.717, 1.165) is 23.1 Å². The molecule has 0 aliphatic rings. The van der Waals surface area contributed by atoms with Gasteiger partial charge in [0.15, 0.2) is 0 Å². The molecule has 5 nitrogen and oxygen atoms in total. The molecular weight excluding hydrogens is 295 g/mol. The number of anilines is 1. The first-order valence-electron chi connectivity index (χ1n) is 5.90. The minimum Gasteiger partial charge on any atom is -0.319 e. The van der Waals surface area contributed by atoms with Crippen LogP contribution < -0.4 is 5.32 Å². The second kappa shape index (κ2) is 6.36. The third-order valence-corrected chi connectivity index (χ3v) is 3.50. The topological polar surface area (TPSA) is 72.2 Å². The van der Waals surface area contributed by atoms with Crippen LogP contribution >= 0.6 is 11.8 Å². The van der Waals surface area contributed by atoms with Crippen molar-refractivity contribution in [3.05, 3.63) is 64.0 Å². The molecule has 0 radical (unpaired) electrons. The molecule has 0 aliphatic carbocycles. The number of halogens is 1. The monoisotopic (exact) mass is 306 g/mol. The van der Waals surface area contributed by atoms with E-state index in [9.17, 15) is 19.3 Å². The first-order chi connectivity index (χ1) is 10.0. The number of nitro groups is 1. The van der Waals surface area contributed by atoms with Crippen molar-refractivity contribution in [1.82, 2.24) is 0 Å². The fourth-order valence-corrected chi connectivity index (χ4v) is 2.07. The maximum atomic E-state index is 13.6. The van der Waals surface area contributed by atoms with E-state index in [-0.39, 0.29) is 11.4 Å². The first-order valence-corrected chi connectivity index (χ1v) is 7.13. The summed E-state index contributed by atoms with van der Waals surface area (Å²) in [4.78, 5) is 23.0. The van der Waals surface area contributed by atoms with Crippen molar-refractivity contribution in [3.63, 3.8) is 0 Å². The van der Waals surface area contributed by atoms with Crippen molar-refractivity contribution in [1.29, 1.82) is 0 Å². The number of nitrogens with one attached hydrogen (secondary N) is 1. The smallest absolute Gasteiger partial charge is 0.271 e. The first kappa shape index (κ1) is 15.0. The van der Waals surface area contributed by atoms with Gasteiger partial charge in [0.2, 0.25) is 0 Å². The fourth-order valence-electron chi connectivity index (χ4n) is 1.66. The van der Waals surface area contributed by atoms with Crippen LogP contribution in [-0.4, -0.2) is 17.1 Å². The number of non-ortho nitro benzene ring substituents is 1. The number of carbonyl (C=O) groups excluding carboxylic acids is 1. The molecule has 0 atom stereocenters. The van der Waals surface area contributed by atoms with Crippen LogP contribution in [0, 0.1) is 15.9 Å². The molecule has 0 saturated heterocycles. The minimum absolute atomic E-state index is 0.219. The van der Waals surface area contributed by atoms with E-state index in [4.69, 9.17) is 0 Å². The highest BCUT2D eigenvalue weighted by molar-refractivity contribution is 7.98. The van der Waals surface area contributed by atoms with Crippen LogP contribution in [0.3, 0.4) is 0 Å². The Bertz CT molecular complexity index is 689. The molecule has 0 saturated carbocycles. The standard InChI is InChI=1S/C14H11FN2O3S/c1-21-11-5-2-9(3-6-11)14(18)16-13-8-10(17(19)20)4-7-12(13)15/h2-8H,1H3,(H,16,18). The van der Waals surface area contributed by atoms with Crippen molar-refractivity contribution in [3.8, 4) is 0 Å². The largest absolute Gasteiger partial charge is 0.319 e. The van der Waals surface area contributed by atoms with Gasteiger partial charge in [-0.3, -0.25) is 14.9 Å². The molecule has 0 unspecified atom stereocenters. The van der Waals surface area contributed by atoms with Crippen LogP contribution in [-0.2, 0) is 0 Å². The molecule has 1 N–H and O–H groups in total. The van der Waals surface area contributed by atoms with Crippen molar-refractivity contribution in [2.45, 2.75) is 4.90 Å². The van der Waals surface area contributed by atoms with E-state index in [0.29, 0.717) is 5.56 Å². The van der Waals surface area contributed by atoms with Gasteiger partial charge < -0.3 is 5.32 Å². The van der Waals surface area contributed by atoms with E-state index >= 15 is 0 Å². The summed E-state index contributed by atoms with van der Waals surface area (Å²) in [6.45, 7) is 0. The molecule has 0 heterocycles. The van der Waals surface area contributed by atoms with Gasteiger partial charge >= 0.3 is 0 Å². The lowest BCUT2D eigenvalue weighted by molar-refractivity contribution is -0.384. The van der Waals surface area contributed by atoms with Gasteiger partial charge in [0.05, 0.1) is 10.6 Å². The van der Waals surface area contributed by atoms with Crippen molar-refractivity contribution >= 4 is 29.0 Å². The summed E-state index contributed by atoms with van der Waals surface area (Å²) in [7, 11) is 0. The molecule has 0 fully saturated rings. The Morgan fingerprint density at radius 2 is 1.90 bits per heavy atom. The number of thioether (sulfide) groups is 1. The molecule has 0 aromatic heterocycles. The molecule has 108 valence electrons. The Kier molecular flexibility index (Phi) is 4.54. The molecule has 21 heavy (non-hydrogen) atoms. The molecule has 2 rings (SSSR count). The molecule has 1 amide bonds. The van der Waals surface area contributed by atoms with Crippen molar-refractivity contribution in [2.75, 3.05) is 11.6 Å². The third-order valence-electron chi connectivity index (χ3n) is 2.76. The van der Waals surface area contributed by atoms with Crippen LogP contribution in [0.5, 0.6) is 0 Å². The Balaban J connectivity index is 2.22. The van der Waals surface area contributed by atoms with E-state index in [1.165, 1.54) is 11.8 Å². The van der Waals surface area contributed by atoms with E-state index in [1.54, 1.807) is 24.3 Å². The maximum Gasteiger partial charge on any atom is 0.271 e. The Hall–Kier alpha value is -2.41. The summed E-state index contributed by atoms with van der Waals surface area (Å²) in [6.07, 6.45) is 1.91. The number of carbonyl (C=O) groups is 1. The average molecular weight is 306 g/mol. The third kappa shape index (κ3) is 3.57. The van der Waals surface area contributed by atoms with Gasteiger partial charge in [-0.05, 0) is 36.6 Å². The maximum absolute atomic E-state index is 13.6. The Labute approximate surface area is 124 Å². The summed E-state index contributed by atoms with van der Waals surface area (Å²) < 4.78 is 13.6. The number of rotatable bonds is 4. The van der Waals surface area contributed by atoms with Gasteiger partial charge in [-0.25, -0.2) is 4.39 Å². The van der Waals surface area contributed by atoms with Gasteiger partial charge in [-0.15, -0.1) is 11.8 Å². The van der Waals surface area contributed by atoms with E-state index in [2.05, 4.69) is 5.32 Å². The molecule has 2 aromatic rings. The van der Waals surface area contributed by atoms with Crippen molar-refractivity contribution in [2.24, 2.45) is 0 Å².